The summed E-state index contributed by atoms with van der Waals surface area (Å²) in [5.41, 5.74) is 0.835. The average Bonchev–Trinajstić information content (AvgIpc) is 3.21. The summed E-state index contributed by atoms with van der Waals surface area (Å²) in [5.74, 6) is 1.98. The zero-order chi connectivity index (χ0) is 17.2. The van der Waals surface area contributed by atoms with E-state index in [1.807, 2.05) is 42.5 Å². The highest BCUT2D eigenvalue weighted by Crippen LogP contribution is 2.30. The predicted molar refractivity (Wildman–Crippen MR) is 96.4 cm³/mol. The first-order valence-corrected chi connectivity index (χ1v) is 8.67. The van der Waals surface area contributed by atoms with Gasteiger partial charge in [0.25, 0.3) is 0 Å². The van der Waals surface area contributed by atoms with Crippen molar-refractivity contribution in [1.29, 1.82) is 0 Å². The molecule has 126 valence electrons. The minimum absolute atomic E-state index is 0.309. The van der Waals surface area contributed by atoms with Gasteiger partial charge in [0.2, 0.25) is 4.96 Å². The number of ether oxygens (including phenoxy) is 2. The Morgan fingerprint density at radius 2 is 1.80 bits per heavy atom. The zero-order valence-electron chi connectivity index (χ0n) is 13.2. The normalized spacial score (nSPS) is 11.0. The first-order chi connectivity index (χ1) is 12.3. The number of hydrogen-bond acceptors (Lipinski definition) is 6. The van der Waals surface area contributed by atoms with Crippen LogP contribution >= 0.6 is 22.9 Å². The minimum Gasteiger partial charge on any atom is -0.496 e. The van der Waals surface area contributed by atoms with E-state index in [9.17, 15) is 0 Å². The topological polar surface area (TPSA) is 61.5 Å². The average molecular weight is 373 g/mol. The standard InChI is InChI=1S/C17H13ClN4O2S/c1-23-13-8-4-2-6-11(13)16-19-20-17-22(16)21-15(25-17)10-24-14-9-5-3-7-12(14)18/h2-9H,10H2,1H3. The first-order valence-electron chi connectivity index (χ1n) is 7.48. The Morgan fingerprint density at radius 1 is 1.04 bits per heavy atom. The van der Waals surface area contributed by atoms with E-state index in [0.717, 1.165) is 16.3 Å². The number of methoxy groups -OCH3 is 1. The number of fused-ring (bicyclic) bond motifs is 1. The summed E-state index contributed by atoms with van der Waals surface area (Å²) < 4.78 is 12.8. The van der Waals surface area contributed by atoms with Crippen LogP contribution in [0.4, 0.5) is 0 Å². The van der Waals surface area contributed by atoms with Gasteiger partial charge in [0.1, 0.15) is 18.1 Å². The van der Waals surface area contributed by atoms with Crippen molar-refractivity contribution in [3.05, 3.63) is 58.6 Å². The van der Waals surface area contributed by atoms with Crippen LogP contribution in [0.15, 0.2) is 48.5 Å². The molecule has 0 saturated heterocycles. The molecule has 0 bridgehead atoms. The Balaban J connectivity index is 1.64. The summed E-state index contributed by atoms with van der Waals surface area (Å²) in [7, 11) is 1.63. The largest absolute Gasteiger partial charge is 0.496 e. The van der Waals surface area contributed by atoms with Crippen LogP contribution in [-0.2, 0) is 6.61 Å². The van der Waals surface area contributed by atoms with Crippen LogP contribution in [0.25, 0.3) is 16.3 Å². The minimum atomic E-state index is 0.309. The molecule has 0 saturated carbocycles. The van der Waals surface area contributed by atoms with Crippen LogP contribution < -0.4 is 9.47 Å². The van der Waals surface area contributed by atoms with Crippen molar-refractivity contribution < 1.29 is 9.47 Å². The third-order valence-corrected chi connectivity index (χ3v) is 4.75. The zero-order valence-corrected chi connectivity index (χ0v) is 14.8. The molecule has 0 fully saturated rings. The number of nitrogens with zero attached hydrogens (tertiary/aromatic N) is 4. The predicted octanol–water partition coefficient (Wildman–Crippen LogP) is 4.09. The van der Waals surface area contributed by atoms with Gasteiger partial charge in [-0.1, -0.05) is 47.2 Å². The van der Waals surface area contributed by atoms with Gasteiger partial charge in [0.05, 0.1) is 17.7 Å². The second-order valence-corrected chi connectivity index (χ2v) is 6.58. The number of aromatic nitrogens is 4. The van der Waals surface area contributed by atoms with Crippen molar-refractivity contribution in [2.45, 2.75) is 6.61 Å². The van der Waals surface area contributed by atoms with E-state index in [4.69, 9.17) is 21.1 Å². The SMILES string of the molecule is COc1ccccc1-c1nnc2sc(COc3ccccc3Cl)nn12. The van der Waals surface area contributed by atoms with E-state index in [0.29, 0.717) is 28.2 Å². The van der Waals surface area contributed by atoms with E-state index in [-0.39, 0.29) is 0 Å². The maximum atomic E-state index is 6.10. The molecule has 0 unspecified atom stereocenters. The molecule has 0 N–H and O–H groups in total. The molecule has 25 heavy (non-hydrogen) atoms. The molecular formula is C17H13ClN4O2S. The quantitative estimate of drug-likeness (QED) is 0.528. The van der Waals surface area contributed by atoms with Crippen molar-refractivity contribution in [2.75, 3.05) is 7.11 Å². The van der Waals surface area contributed by atoms with Gasteiger partial charge in [0, 0.05) is 0 Å². The fraction of sp³-hybridized carbons (Fsp3) is 0.118. The van der Waals surface area contributed by atoms with Crippen LogP contribution in [-0.4, -0.2) is 26.9 Å². The van der Waals surface area contributed by atoms with E-state index < -0.39 is 0 Å². The number of hydrogen-bond donors (Lipinski definition) is 0. The lowest BCUT2D eigenvalue weighted by molar-refractivity contribution is 0.304. The summed E-state index contributed by atoms with van der Waals surface area (Å²) in [6, 6.07) is 15.0. The van der Waals surface area contributed by atoms with Crippen molar-refractivity contribution in [1.82, 2.24) is 19.8 Å². The van der Waals surface area contributed by atoms with E-state index in [1.165, 1.54) is 11.3 Å². The summed E-state index contributed by atoms with van der Waals surface area (Å²) >= 11 is 7.52. The molecule has 0 aliphatic carbocycles. The maximum absolute atomic E-state index is 6.10. The van der Waals surface area contributed by atoms with Crippen molar-refractivity contribution in [3.8, 4) is 22.9 Å². The highest BCUT2D eigenvalue weighted by Gasteiger charge is 2.16. The Morgan fingerprint density at radius 3 is 2.60 bits per heavy atom. The second kappa shape index (κ2) is 6.70. The molecule has 2 aromatic heterocycles. The van der Waals surface area contributed by atoms with Crippen molar-refractivity contribution in [2.24, 2.45) is 0 Å². The first kappa shape index (κ1) is 15.9. The molecule has 0 radical (unpaired) electrons. The van der Waals surface area contributed by atoms with Gasteiger partial charge in [-0.15, -0.1) is 10.2 Å². The Bertz CT molecular complexity index is 1030. The Labute approximate surface area is 152 Å². The molecule has 0 aliphatic rings. The van der Waals surface area contributed by atoms with E-state index >= 15 is 0 Å². The highest BCUT2D eigenvalue weighted by molar-refractivity contribution is 7.16. The van der Waals surface area contributed by atoms with Crippen LogP contribution in [0.3, 0.4) is 0 Å². The van der Waals surface area contributed by atoms with Crippen LogP contribution in [0.5, 0.6) is 11.5 Å². The molecule has 0 amide bonds. The second-order valence-electron chi connectivity index (χ2n) is 5.13. The fourth-order valence-corrected chi connectivity index (χ4v) is 3.35. The van der Waals surface area contributed by atoms with E-state index in [2.05, 4.69) is 15.3 Å². The smallest absolute Gasteiger partial charge is 0.235 e. The van der Waals surface area contributed by atoms with Crippen molar-refractivity contribution in [3.63, 3.8) is 0 Å². The van der Waals surface area contributed by atoms with Crippen molar-refractivity contribution >= 4 is 27.9 Å². The van der Waals surface area contributed by atoms with Crippen LogP contribution in [0.2, 0.25) is 5.02 Å². The fourth-order valence-electron chi connectivity index (χ4n) is 2.41. The molecule has 0 aliphatic heterocycles. The molecule has 0 spiro atoms. The van der Waals surface area contributed by atoms with Crippen LogP contribution in [0, 0.1) is 0 Å². The maximum Gasteiger partial charge on any atom is 0.235 e. The monoisotopic (exact) mass is 372 g/mol. The third kappa shape index (κ3) is 3.04. The van der Waals surface area contributed by atoms with Gasteiger partial charge in [-0.3, -0.25) is 0 Å². The van der Waals surface area contributed by atoms with Gasteiger partial charge >= 0.3 is 0 Å². The number of halogens is 1. The molecule has 2 heterocycles. The number of benzene rings is 2. The van der Waals surface area contributed by atoms with Gasteiger partial charge in [-0.2, -0.15) is 9.61 Å². The number of rotatable bonds is 5. The van der Waals surface area contributed by atoms with Crippen LogP contribution in [0.1, 0.15) is 5.01 Å². The number of para-hydroxylation sites is 2. The lowest BCUT2D eigenvalue weighted by Crippen LogP contribution is -1.98. The molecule has 2 aromatic carbocycles. The summed E-state index contributed by atoms with van der Waals surface area (Å²) in [6.45, 7) is 0.309. The molecule has 8 heteroatoms. The third-order valence-electron chi connectivity index (χ3n) is 3.57. The van der Waals surface area contributed by atoms with Gasteiger partial charge < -0.3 is 9.47 Å². The molecule has 4 rings (SSSR count). The van der Waals surface area contributed by atoms with Gasteiger partial charge in [0.15, 0.2) is 10.8 Å². The van der Waals surface area contributed by atoms with E-state index in [1.54, 1.807) is 17.7 Å². The lowest BCUT2D eigenvalue weighted by atomic mass is 10.2. The summed E-state index contributed by atoms with van der Waals surface area (Å²) in [5, 5.41) is 14.3. The molecule has 4 aromatic rings. The Kier molecular flexibility index (Phi) is 4.25. The summed E-state index contributed by atoms with van der Waals surface area (Å²) in [4.78, 5) is 0.693. The van der Waals surface area contributed by atoms with Gasteiger partial charge in [-0.25, -0.2) is 0 Å². The highest BCUT2D eigenvalue weighted by atomic mass is 35.5. The summed E-state index contributed by atoms with van der Waals surface area (Å²) in [6.07, 6.45) is 0. The molecular weight excluding hydrogens is 360 g/mol. The molecule has 0 atom stereocenters. The molecule has 6 nitrogen and oxygen atoms in total. The van der Waals surface area contributed by atoms with Gasteiger partial charge in [-0.05, 0) is 24.3 Å². The Hall–Kier alpha value is -2.64. The lowest BCUT2D eigenvalue weighted by Gasteiger charge is -2.05.